The fourth-order valence-corrected chi connectivity index (χ4v) is 2.71. The number of hydrogen-bond donors (Lipinski definition) is 0. The van der Waals surface area contributed by atoms with E-state index in [0.717, 1.165) is 17.0 Å². The predicted molar refractivity (Wildman–Crippen MR) is 81.9 cm³/mol. The van der Waals surface area contributed by atoms with E-state index in [9.17, 15) is 0 Å². The Morgan fingerprint density at radius 3 is 3.00 bits per heavy atom. The molecule has 96 valence electrons. The van der Waals surface area contributed by atoms with Gasteiger partial charge >= 0.3 is 0 Å². The highest BCUT2D eigenvalue weighted by Crippen LogP contribution is 2.35. The molecule has 1 unspecified atom stereocenters. The third-order valence-corrected chi connectivity index (χ3v) is 4.16. The Bertz CT molecular complexity index is 614. The number of rotatable bonds is 2. The fourth-order valence-electron chi connectivity index (χ4n) is 2.36. The molecule has 1 aromatic heterocycles. The van der Waals surface area contributed by atoms with Crippen LogP contribution in [0.1, 0.15) is 12.5 Å². The molecule has 19 heavy (non-hydrogen) atoms. The summed E-state index contributed by atoms with van der Waals surface area (Å²) < 4.78 is 0. The van der Waals surface area contributed by atoms with Gasteiger partial charge in [-0.05, 0) is 29.4 Å². The summed E-state index contributed by atoms with van der Waals surface area (Å²) in [5.41, 5.74) is 3.63. The number of aromatic nitrogens is 1. The summed E-state index contributed by atoms with van der Waals surface area (Å²) in [7, 11) is 0. The zero-order chi connectivity index (χ0) is 13.4. The molecular weight excluding hydrogens is 276 g/mol. The average Bonchev–Trinajstić information content (AvgIpc) is 2.70. The monoisotopic (exact) mass is 288 g/mol. The molecule has 4 heteroatoms. The molecule has 0 aromatic carbocycles. The van der Waals surface area contributed by atoms with E-state index in [1.165, 1.54) is 11.3 Å². The Morgan fingerprint density at radius 2 is 2.26 bits per heavy atom. The van der Waals surface area contributed by atoms with Crippen molar-refractivity contribution < 1.29 is 0 Å². The van der Waals surface area contributed by atoms with E-state index in [-0.39, 0.29) is 0 Å². The van der Waals surface area contributed by atoms with Crippen LogP contribution in [0.25, 0.3) is 0 Å². The Labute approximate surface area is 123 Å². The van der Waals surface area contributed by atoms with Crippen LogP contribution in [-0.4, -0.2) is 14.7 Å². The number of allylic oxidation sites excluding steroid dienone is 4. The maximum Gasteiger partial charge on any atom is 0.129 e. The summed E-state index contributed by atoms with van der Waals surface area (Å²) in [6, 6.07) is 3.82. The minimum Gasteiger partial charge on any atom is -0.343 e. The van der Waals surface area contributed by atoms with Crippen molar-refractivity contribution in [3.05, 3.63) is 64.7 Å². The third-order valence-electron chi connectivity index (χ3n) is 3.46. The van der Waals surface area contributed by atoms with E-state index < -0.39 is 0 Å². The van der Waals surface area contributed by atoms with Gasteiger partial charge in [0.25, 0.3) is 0 Å². The second-order valence-electron chi connectivity index (χ2n) is 4.73. The number of fused-ring (bicyclic) bond motifs is 1. The lowest BCUT2D eigenvalue weighted by atomic mass is 10.0. The molecule has 0 saturated carbocycles. The molecule has 1 aromatic rings. The van der Waals surface area contributed by atoms with Crippen molar-refractivity contribution in [2.24, 2.45) is 5.92 Å². The molecule has 2 aliphatic rings. The molecule has 0 spiro atoms. The summed E-state index contributed by atoms with van der Waals surface area (Å²) in [4.78, 5) is 7.32. The number of pyridine rings is 1. The van der Waals surface area contributed by atoms with Crippen molar-refractivity contribution in [1.29, 1.82) is 0 Å². The average molecular weight is 289 g/mol. The molecule has 1 aliphatic heterocycles. The van der Waals surface area contributed by atoms with Crippen molar-refractivity contribution in [1.82, 2.24) is 9.88 Å². The van der Waals surface area contributed by atoms with E-state index in [2.05, 4.69) is 41.2 Å². The zero-order valence-electron chi connectivity index (χ0n) is 10.5. The van der Waals surface area contributed by atoms with Gasteiger partial charge in [-0.1, -0.05) is 42.9 Å². The van der Waals surface area contributed by atoms with Gasteiger partial charge < -0.3 is 4.90 Å². The number of hydrogen-bond acceptors (Lipinski definition) is 3. The lowest BCUT2D eigenvalue weighted by Gasteiger charge is -2.26. The van der Waals surface area contributed by atoms with Crippen LogP contribution < -0.4 is 0 Å². The lowest BCUT2D eigenvalue weighted by Crippen LogP contribution is -2.19. The first-order valence-corrected chi connectivity index (χ1v) is 6.95. The molecule has 0 amide bonds. The number of nitrogens with zero attached hydrogens (tertiary/aromatic N) is 2. The summed E-state index contributed by atoms with van der Waals surface area (Å²) in [6.07, 6.45) is 10.2. The summed E-state index contributed by atoms with van der Waals surface area (Å²) in [5.74, 6) is 0.334. The van der Waals surface area contributed by atoms with Crippen LogP contribution in [0, 0.1) is 5.92 Å². The van der Waals surface area contributed by atoms with Crippen LogP contribution in [0.15, 0.2) is 54.0 Å². The van der Waals surface area contributed by atoms with Gasteiger partial charge in [-0.15, -0.1) is 0 Å². The minimum absolute atomic E-state index is 0.334. The number of thiocarbonyl (C=S) groups is 1. The van der Waals surface area contributed by atoms with Gasteiger partial charge in [0, 0.05) is 35.4 Å². The van der Waals surface area contributed by atoms with Gasteiger partial charge in [0.2, 0.25) is 0 Å². The third kappa shape index (κ3) is 2.36. The molecule has 0 fully saturated rings. The molecule has 0 saturated heterocycles. The summed E-state index contributed by atoms with van der Waals surface area (Å²) in [5, 5.41) is 0.522. The molecule has 0 radical (unpaired) electrons. The maximum absolute atomic E-state index is 5.81. The topological polar surface area (TPSA) is 16.1 Å². The van der Waals surface area contributed by atoms with Gasteiger partial charge in [-0.3, -0.25) is 0 Å². The van der Waals surface area contributed by atoms with E-state index in [1.807, 2.05) is 18.3 Å². The quantitative estimate of drug-likeness (QED) is 0.607. The Kier molecular flexibility index (Phi) is 3.25. The fraction of sp³-hybridized carbons (Fsp3) is 0.200. The first kappa shape index (κ1) is 12.6. The van der Waals surface area contributed by atoms with Crippen LogP contribution >= 0.6 is 23.8 Å². The largest absolute Gasteiger partial charge is 0.343 e. The van der Waals surface area contributed by atoms with Crippen molar-refractivity contribution in [3.8, 4) is 0 Å². The molecule has 0 bridgehead atoms. The predicted octanol–water partition coefficient (Wildman–Crippen LogP) is 3.89. The van der Waals surface area contributed by atoms with Crippen LogP contribution in [0.2, 0.25) is 5.15 Å². The molecular formula is C15H13ClN2S. The van der Waals surface area contributed by atoms with Crippen LogP contribution in [-0.2, 0) is 6.54 Å². The maximum atomic E-state index is 5.81. The van der Waals surface area contributed by atoms with Gasteiger partial charge in [0.1, 0.15) is 5.15 Å². The van der Waals surface area contributed by atoms with E-state index in [0.29, 0.717) is 11.1 Å². The normalized spacial score (nSPS) is 21.3. The second kappa shape index (κ2) is 4.91. The van der Waals surface area contributed by atoms with E-state index in [4.69, 9.17) is 23.8 Å². The van der Waals surface area contributed by atoms with Gasteiger partial charge in [0.05, 0.1) is 0 Å². The van der Waals surface area contributed by atoms with Crippen LogP contribution in [0.5, 0.6) is 0 Å². The first-order valence-electron chi connectivity index (χ1n) is 6.16. The summed E-state index contributed by atoms with van der Waals surface area (Å²) in [6.45, 7) is 2.93. The lowest BCUT2D eigenvalue weighted by molar-refractivity contribution is 0.460. The molecule has 0 N–H and O–H groups in total. The Hall–Kier alpha value is -1.45. The standard InChI is InChI=1S/C15H13ClN2S/c1-10-12-3-2-6-18(13(12)7-14(10)19)9-11-4-5-15(16)17-8-11/h2-8,10H,9H2,1H3. The Balaban J connectivity index is 1.85. The van der Waals surface area contributed by atoms with E-state index >= 15 is 0 Å². The van der Waals surface area contributed by atoms with Gasteiger partial charge in [-0.2, -0.15) is 0 Å². The highest BCUT2D eigenvalue weighted by Gasteiger charge is 2.28. The van der Waals surface area contributed by atoms with Crippen molar-refractivity contribution in [2.45, 2.75) is 13.5 Å². The van der Waals surface area contributed by atoms with Gasteiger partial charge in [0.15, 0.2) is 0 Å². The van der Waals surface area contributed by atoms with Crippen LogP contribution in [0.3, 0.4) is 0 Å². The van der Waals surface area contributed by atoms with E-state index in [1.54, 1.807) is 0 Å². The zero-order valence-corrected chi connectivity index (χ0v) is 12.1. The highest BCUT2D eigenvalue weighted by molar-refractivity contribution is 7.80. The smallest absolute Gasteiger partial charge is 0.129 e. The van der Waals surface area contributed by atoms with Crippen LogP contribution in [0.4, 0.5) is 0 Å². The van der Waals surface area contributed by atoms with Crippen molar-refractivity contribution >= 4 is 28.7 Å². The molecule has 2 nitrogen and oxygen atoms in total. The second-order valence-corrected chi connectivity index (χ2v) is 5.59. The van der Waals surface area contributed by atoms with Crippen molar-refractivity contribution in [3.63, 3.8) is 0 Å². The van der Waals surface area contributed by atoms with Crippen molar-refractivity contribution in [2.75, 3.05) is 0 Å². The molecule has 1 atom stereocenters. The molecule has 1 aliphatic carbocycles. The van der Waals surface area contributed by atoms with Gasteiger partial charge in [-0.25, -0.2) is 4.98 Å². The first-order chi connectivity index (χ1) is 9.15. The minimum atomic E-state index is 0.334. The SMILES string of the molecule is CC1C(=S)C=C2C1=CC=CN2Cc1ccc(Cl)nc1. The Morgan fingerprint density at radius 1 is 1.42 bits per heavy atom. The number of halogens is 1. The summed E-state index contributed by atoms with van der Waals surface area (Å²) >= 11 is 11.2. The highest BCUT2D eigenvalue weighted by atomic mass is 35.5. The molecule has 3 rings (SSSR count). The molecule has 2 heterocycles.